The van der Waals surface area contributed by atoms with Crippen LogP contribution in [0.3, 0.4) is 0 Å². The van der Waals surface area contributed by atoms with Crippen molar-refractivity contribution in [2.45, 2.75) is 37.4 Å². The van der Waals surface area contributed by atoms with Crippen LogP contribution in [0, 0.1) is 0 Å². The third kappa shape index (κ3) is 2.63. The molecule has 3 amide bonds. The summed E-state index contributed by atoms with van der Waals surface area (Å²) in [7, 11) is 1.52. The number of carbonyl (C=O) groups excluding carboxylic acids is 3. The molecule has 113 valence electrons. The average molecular weight is 293 g/mol. The predicted octanol–water partition coefficient (Wildman–Crippen LogP) is -1.36. The van der Waals surface area contributed by atoms with Crippen molar-refractivity contribution in [2.75, 3.05) is 19.6 Å². The summed E-state index contributed by atoms with van der Waals surface area (Å²) in [5, 5.41) is 13.2. The Labute approximate surface area is 123 Å². The Morgan fingerprint density at radius 3 is 2.67 bits per heavy atom. The SMILES string of the molecule is O=C[B]N1CCC(NC(=O)[C@@H]2C[C@@H]3CN2C(=O)N3O)CC1. The third-order valence-electron chi connectivity index (χ3n) is 4.52. The topological polar surface area (TPSA) is 93.2 Å². The predicted molar refractivity (Wildman–Crippen MR) is 73.2 cm³/mol. The number of fused-ring (bicyclic) bond motifs is 2. The molecular weight excluding hydrogens is 275 g/mol. The monoisotopic (exact) mass is 293 g/mol. The number of hydrogen-bond donors (Lipinski definition) is 2. The lowest BCUT2D eigenvalue weighted by atomic mass is 9.89. The lowest BCUT2D eigenvalue weighted by Crippen LogP contribution is -2.54. The van der Waals surface area contributed by atoms with E-state index < -0.39 is 12.1 Å². The van der Waals surface area contributed by atoms with Crippen molar-refractivity contribution in [2.24, 2.45) is 0 Å². The van der Waals surface area contributed by atoms with Crippen LogP contribution in [0.15, 0.2) is 0 Å². The van der Waals surface area contributed by atoms with E-state index in [4.69, 9.17) is 0 Å². The fraction of sp³-hybridized carbons (Fsp3) is 0.750. The molecule has 0 aromatic rings. The van der Waals surface area contributed by atoms with E-state index in [1.807, 2.05) is 4.81 Å². The number of piperidine rings is 1. The van der Waals surface area contributed by atoms with Gasteiger partial charge in [-0.2, -0.15) is 0 Å². The number of carbonyl (C=O) groups is 3. The number of nitrogens with zero attached hydrogens (tertiary/aromatic N) is 3. The van der Waals surface area contributed by atoms with Gasteiger partial charge >= 0.3 is 6.03 Å². The van der Waals surface area contributed by atoms with Crippen molar-refractivity contribution < 1.29 is 19.6 Å². The van der Waals surface area contributed by atoms with E-state index >= 15 is 0 Å². The van der Waals surface area contributed by atoms with E-state index in [0.29, 0.717) is 13.0 Å². The Bertz CT molecular complexity index is 455. The quantitative estimate of drug-likeness (QED) is 0.379. The lowest BCUT2D eigenvalue weighted by molar-refractivity contribution is -0.128. The second kappa shape index (κ2) is 5.65. The lowest BCUT2D eigenvalue weighted by Gasteiger charge is -2.33. The highest BCUT2D eigenvalue weighted by Crippen LogP contribution is 2.30. The first-order chi connectivity index (χ1) is 10.1. The van der Waals surface area contributed by atoms with E-state index in [-0.39, 0.29) is 18.0 Å². The molecule has 3 rings (SSSR count). The van der Waals surface area contributed by atoms with Gasteiger partial charge in [0.2, 0.25) is 5.91 Å². The van der Waals surface area contributed by atoms with Crippen LogP contribution in [0.5, 0.6) is 0 Å². The highest BCUT2D eigenvalue weighted by molar-refractivity contribution is 6.64. The molecule has 1 radical (unpaired) electrons. The Morgan fingerprint density at radius 2 is 2.10 bits per heavy atom. The zero-order valence-electron chi connectivity index (χ0n) is 11.6. The Kier molecular flexibility index (Phi) is 3.86. The summed E-state index contributed by atoms with van der Waals surface area (Å²) < 4.78 is 0. The van der Waals surface area contributed by atoms with Crippen LogP contribution in [0.25, 0.3) is 0 Å². The molecule has 0 unspecified atom stereocenters. The Balaban J connectivity index is 1.50. The van der Waals surface area contributed by atoms with Crippen LogP contribution in [-0.2, 0) is 9.59 Å². The van der Waals surface area contributed by atoms with E-state index in [1.165, 1.54) is 12.3 Å². The molecule has 9 heteroatoms. The molecule has 0 aliphatic carbocycles. The first-order valence-electron chi connectivity index (χ1n) is 7.22. The van der Waals surface area contributed by atoms with Gasteiger partial charge in [-0.3, -0.25) is 10.0 Å². The summed E-state index contributed by atoms with van der Waals surface area (Å²) in [5.41, 5.74) is 0. The van der Waals surface area contributed by atoms with Gasteiger partial charge < -0.3 is 19.8 Å². The maximum absolute atomic E-state index is 12.3. The van der Waals surface area contributed by atoms with Gasteiger partial charge in [0.25, 0.3) is 7.41 Å². The van der Waals surface area contributed by atoms with Crippen LogP contribution in [0.1, 0.15) is 19.3 Å². The number of hydrogen-bond acceptors (Lipinski definition) is 5. The van der Waals surface area contributed by atoms with Crippen molar-refractivity contribution in [3.8, 4) is 0 Å². The zero-order valence-corrected chi connectivity index (χ0v) is 11.6. The second-order valence-corrected chi connectivity index (χ2v) is 5.79. The van der Waals surface area contributed by atoms with Crippen LogP contribution < -0.4 is 5.32 Å². The van der Waals surface area contributed by atoms with Gasteiger partial charge in [-0.05, 0) is 25.9 Å². The van der Waals surface area contributed by atoms with E-state index in [1.54, 1.807) is 0 Å². The smallest absolute Gasteiger partial charge is 0.344 e. The minimum Gasteiger partial charge on any atom is -0.351 e. The van der Waals surface area contributed by atoms with E-state index in [0.717, 1.165) is 37.2 Å². The second-order valence-electron chi connectivity index (χ2n) is 5.79. The molecule has 2 bridgehead atoms. The molecule has 2 atom stereocenters. The zero-order chi connectivity index (χ0) is 15.0. The maximum atomic E-state index is 12.3. The molecule has 8 nitrogen and oxygen atoms in total. The van der Waals surface area contributed by atoms with Crippen LogP contribution in [0.2, 0.25) is 0 Å². The Morgan fingerprint density at radius 1 is 1.38 bits per heavy atom. The van der Waals surface area contributed by atoms with Gasteiger partial charge in [-0.1, -0.05) is 0 Å². The fourth-order valence-corrected chi connectivity index (χ4v) is 3.32. The minimum absolute atomic E-state index is 0.0782. The van der Waals surface area contributed by atoms with Crippen molar-refractivity contribution in [1.82, 2.24) is 20.1 Å². The van der Waals surface area contributed by atoms with Crippen LogP contribution in [-0.4, -0.2) is 83.3 Å². The minimum atomic E-state index is -0.484. The van der Waals surface area contributed by atoms with Crippen LogP contribution in [0.4, 0.5) is 4.79 Å². The average Bonchev–Trinajstić information content (AvgIpc) is 3.02. The number of urea groups is 1. The molecule has 0 aromatic carbocycles. The molecule has 3 heterocycles. The van der Waals surface area contributed by atoms with Gasteiger partial charge in [-0.25, -0.2) is 9.86 Å². The third-order valence-corrected chi connectivity index (χ3v) is 4.52. The summed E-state index contributed by atoms with van der Waals surface area (Å²) in [5.74, 6) is -0.142. The number of amides is 3. The molecule has 0 spiro atoms. The fourth-order valence-electron chi connectivity index (χ4n) is 3.32. The summed E-state index contributed by atoms with van der Waals surface area (Å²) >= 11 is 0. The Hall–Kier alpha value is -1.61. The van der Waals surface area contributed by atoms with E-state index in [2.05, 4.69) is 5.32 Å². The summed E-state index contributed by atoms with van der Waals surface area (Å²) in [6.45, 7) is 1.90. The van der Waals surface area contributed by atoms with Gasteiger partial charge in [0.1, 0.15) is 6.04 Å². The van der Waals surface area contributed by atoms with Crippen molar-refractivity contribution in [3.05, 3.63) is 0 Å². The summed E-state index contributed by atoms with van der Waals surface area (Å²) in [6.07, 6.45) is 2.82. The summed E-state index contributed by atoms with van der Waals surface area (Å²) in [4.78, 5) is 37.7. The van der Waals surface area contributed by atoms with Gasteiger partial charge in [-0.15, -0.1) is 0 Å². The molecular formula is C12H18BN4O4. The number of hydroxylamine groups is 2. The normalized spacial score (nSPS) is 29.9. The van der Waals surface area contributed by atoms with Crippen molar-refractivity contribution in [3.63, 3.8) is 0 Å². The standard InChI is InChI=1S/C12H18BN4O4/c18-7-13-15-3-1-8(2-4-15)14-11(19)10-5-9-6-16(10)12(20)17(9)21/h7-10,21H,1-6H2,(H,14,19)/t9-,10+/m1/s1. The van der Waals surface area contributed by atoms with Gasteiger partial charge in [0.05, 0.1) is 12.2 Å². The molecule has 3 aliphatic heterocycles. The van der Waals surface area contributed by atoms with E-state index in [9.17, 15) is 19.6 Å². The number of rotatable bonds is 4. The first-order valence-corrected chi connectivity index (χ1v) is 7.22. The van der Waals surface area contributed by atoms with Crippen molar-refractivity contribution in [1.29, 1.82) is 0 Å². The molecule has 21 heavy (non-hydrogen) atoms. The molecule has 3 fully saturated rings. The highest BCUT2D eigenvalue weighted by atomic mass is 16.5. The molecule has 0 saturated carbocycles. The van der Waals surface area contributed by atoms with Crippen molar-refractivity contribution >= 4 is 25.5 Å². The summed E-state index contributed by atoms with van der Waals surface area (Å²) in [6, 6.07) is -1.14. The molecule has 0 aromatic heterocycles. The molecule has 3 saturated heterocycles. The van der Waals surface area contributed by atoms with Crippen LogP contribution >= 0.6 is 0 Å². The van der Waals surface area contributed by atoms with Gasteiger partial charge in [0.15, 0.2) is 0 Å². The number of nitrogens with one attached hydrogen (secondary N) is 1. The highest BCUT2D eigenvalue weighted by Gasteiger charge is 2.51. The van der Waals surface area contributed by atoms with Gasteiger partial charge in [0, 0.05) is 19.0 Å². The first kappa shape index (κ1) is 14.3. The molecule has 2 N–H and O–H groups in total. The largest absolute Gasteiger partial charge is 0.351 e. The molecule has 3 aliphatic rings. The maximum Gasteiger partial charge on any atom is 0.344 e.